The smallest absolute Gasteiger partial charge is 0.320 e. The van der Waals surface area contributed by atoms with Crippen molar-refractivity contribution in [2.24, 2.45) is 0 Å². The van der Waals surface area contributed by atoms with Gasteiger partial charge in [0.1, 0.15) is 11.8 Å². The molecule has 1 rings (SSSR count). The van der Waals surface area contributed by atoms with Crippen LogP contribution < -0.4 is 5.56 Å². The van der Waals surface area contributed by atoms with Gasteiger partial charge in [-0.25, -0.2) is 8.78 Å². The van der Waals surface area contributed by atoms with E-state index in [9.17, 15) is 26.7 Å². The van der Waals surface area contributed by atoms with Crippen molar-refractivity contribution in [2.45, 2.75) is 12.6 Å². The quantitative estimate of drug-likeness (QED) is 0.762. The zero-order valence-corrected chi connectivity index (χ0v) is 7.40. The molecule has 0 aliphatic heterocycles. The van der Waals surface area contributed by atoms with Crippen LogP contribution in [0.4, 0.5) is 22.0 Å². The van der Waals surface area contributed by atoms with Crippen molar-refractivity contribution in [2.75, 3.05) is 0 Å². The van der Waals surface area contributed by atoms with Crippen molar-refractivity contribution in [1.82, 2.24) is 4.98 Å². The Labute approximate surface area is 85.1 Å². The predicted molar refractivity (Wildman–Crippen MR) is 41.7 cm³/mol. The summed E-state index contributed by atoms with van der Waals surface area (Å²) >= 11 is 0. The molecule has 0 amide bonds. The van der Waals surface area contributed by atoms with E-state index in [1.165, 1.54) is 4.98 Å². The van der Waals surface area contributed by atoms with E-state index >= 15 is 0 Å². The molecule has 0 saturated heterocycles. The fraction of sp³-hybridized carbons (Fsp3) is 0.250. The molecule has 0 bridgehead atoms. The van der Waals surface area contributed by atoms with Gasteiger partial charge in [-0.1, -0.05) is 0 Å². The van der Waals surface area contributed by atoms with Gasteiger partial charge in [-0.05, 0) is 0 Å². The van der Waals surface area contributed by atoms with E-state index in [-0.39, 0.29) is 6.07 Å². The maximum Gasteiger partial charge on any atom is 0.417 e. The average molecular weight is 238 g/mol. The summed E-state index contributed by atoms with van der Waals surface area (Å²) in [4.78, 5) is 12.2. The molecule has 3 nitrogen and oxygen atoms in total. The second-order valence-electron chi connectivity index (χ2n) is 2.75. The molecule has 0 radical (unpaired) electrons. The van der Waals surface area contributed by atoms with Crippen molar-refractivity contribution in [3.05, 3.63) is 33.2 Å². The monoisotopic (exact) mass is 238 g/mol. The minimum atomic E-state index is -5.02. The molecule has 0 aliphatic carbocycles. The summed E-state index contributed by atoms with van der Waals surface area (Å²) in [6.45, 7) is 0. The zero-order chi connectivity index (χ0) is 12.5. The molecule has 1 aromatic rings. The highest BCUT2D eigenvalue weighted by molar-refractivity contribution is 5.42. The molecule has 86 valence electrons. The number of aromatic nitrogens is 1. The third-order valence-electron chi connectivity index (χ3n) is 1.71. The van der Waals surface area contributed by atoms with Crippen molar-refractivity contribution >= 4 is 0 Å². The van der Waals surface area contributed by atoms with E-state index in [0.717, 1.165) is 6.07 Å². The molecule has 0 atom stereocenters. The molecule has 1 aromatic heterocycles. The van der Waals surface area contributed by atoms with Crippen LogP contribution in [0.5, 0.6) is 0 Å². The van der Waals surface area contributed by atoms with Gasteiger partial charge in [0.25, 0.3) is 6.43 Å². The lowest BCUT2D eigenvalue weighted by atomic mass is 10.1. The molecule has 0 fully saturated rings. The molecule has 0 spiro atoms. The first-order chi connectivity index (χ1) is 7.27. The van der Waals surface area contributed by atoms with Gasteiger partial charge in [0, 0.05) is 6.07 Å². The number of rotatable bonds is 1. The minimum Gasteiger partial charge on any atom is -0.320 e. The van der Waals surface area contributed by atoms with Gasteiger partial charge in [-0.2, -0.15) is 18.4 Å². The third-order valence-corrected chi connectivity index (χ3v) is 1.71. The number of halogens is 5. The maximum absolute atomic E-state index is 12.3. The Bertz CT molecular complexity index is 497. The average Bonchev–Trinajstić information content (AvgIpc) is 2.14. The van der Waals surface area contributed by atoms with Crippen LogP contribution >= 0.6 is 0 Å². The topological polar surface area (TPSA) is 56.6 Å². The van der Waals surface area contributed by atoms with E-state index in [0.29, 0.717) is 0 Å². The van der Waals surface area contributed by atoms with Crippen LogP contribution in [0, 0.1) is 11.3 Å². The normalized spacial score (nSPS) is 11.6. The van der Waals surface area contributed by atoms with E-state index < -0.39 is 35.0 Å². The summed E-state index contributed by atoms with van der Waals surface area (Å²) < 4.78 is 61.5. The van der Waals surface area contributed by atoms with Crippen molar-refractivity contribution < 1.29 is 22.0 Å². The Balaban J connectivity index is 3.64. The number of aromatic amines is 1. The molecule has 8 heteroatoms. The number of hydrogen-bond acceptors (Lipinski definition) is 2. The molecule has 16 heavy (non-hydrogen) atoms. The summed E-state index contributed by atoms with van der Waals surface area (Å²) in [5.41, 5.74) is -5.57. The molecular formula is C8H3F5N2O. The molecular weight excluding hydrogens is 235 g/mol. The summed E-state index contributed by atoms with van der Waals surface area (Å²) in [5, 5.41) is 8.40. The van der Waals surface area contributed by atoms with Crippen LogP contribution in [0.1, 0.15) is 23.2 Å². The van der Waals surface area contributed by atoms with Gasteiger partial charge < -0.3 is 4.98 Å². The van der Waals surface area contributed by atoms with E-state index in [1.807, 2.05) is 0 Å². The number of nitrogens with zero attached hydrogens (tertiary/aromatic N) is 1. The van der Waals surface area contributed by atoms with E-state index in [2.05, 4.69) is 0 Å². The first kappa shape index (κ1) is 12.2. The van der Waals surface area contributed by atoms with Gasteiger partial charge in [-0.15, -0.1) is 0 Å². The third kappa shape index (κ3) is 2.18. The van der Waals surface area contributed by atoms with Gasteiger partial charge in [0.05, 0.1) is 11.1 Å². The Kier molecular flexibility index (Phi) is 2.98. The summed E-state index contributed by atoms with van der Waals surface area (Å²) in [6, 6.07) is 1.08. The standard InChI is InChI=1S/C8H3F5N2O/c9-7(10)6-3(2-14)4(8(11,12)13)1-5(16)15-6/h1,7H,(H,15,16). The maximum atomic E-state index is 12.3. The highest BCUT2D eigenvalue weighted by Crippen LogP contribution is 2.33. The first-order valence-electron chi connectivity index (χ1n) is 3.80. The van der Waals surface area contributed by atoms with E-state index in [4.69, 9.17) is 5.26 Å². The summed E-state index contributed by atoms with van der Waals surface area (Å²) in [7, 11) is 0. The number of hydrogen-bond donors (Lipinski definition) is 1. The Morgan fingerprint density at radius 3 is 2.31 bits per heavy atom. The zero-order valence-electron chi connectivity index (χ0n) is 7.40. The molecule has 0 unspecified atom stereocenters. The number of nitrogens with one attached hydrogen (secondary N) is 1. The molecule has 1 N–H and O–H groups in total. The van der Waals surface area contributed by atoms with Crippen molar-refractivity contribution in [3.63, 3.8) is 0 Å². The highest BCUT2D eigenvalue weighted by Gasteiger charge is 2.36. The van der Waals surface area contributed by atoms with E-state index in [1.54, 1.807) is 0 Å². The second-order valence-corrected chi connectivity index (χ2v) is 2.75. The Morgan fingerprint density at radius 2 is 1.94 bits per heavy atom. The summed E-state index contributed by atoms with van der Waals surface area (Å²) in [6.07, 6.45) is -8.38. The largest absolute Gasteiger partial charge is 0.417 e. The molecule has 0 saturated carbocycles. The van der Waals surface area contributed by atoms with Crippen LogP contribution in [-0.4, -0.2) is 4.98 Å². The van der Waals surface area contributed by atoms with Crippen molar-refractivity contribution in [1.29, 1.82) is 5.26 Å². The fourth-order valence-electron chi connectivity index (χ4n) is 1.09. The van der Waals surface area contributed by atoms with Crippen LogP contribution in [0.3, 0.4) is 0 Å². The lowest BCUT2D eigenvalue weighted by molar-refractivity contribution is -0.138. The molecule has 0 aromatic carbocycles. The number of alkyl halides is 5. The van der Waals surface area contributed by atoms with Crippen LogP contribution in [0.25, 0.3) is 0 Å². The molecule has 0 aliphatic rings. The number of nitriles is 1. The lowest BCUT2D eigenvalue weighted by Gasteiger charge is -2.10. The first-order valence-corrected chi connectivity index (χ1v) is 3.80. The van der Waals surface area contributed by atoms with Gasteiger partial charge >= 0.3 is 6.18 Å². The second kappa shape index (κ2) is 3.92. The minimum absolute atomic E-state index is 0.0738. The Hall–Kier alpha value is -1.91. The number of H-pyrrole nitrogens is 1. The van der Waals surface area contributed by atoms with Crippen molar-refractivity contribution in [3.8, 4) is 6.07 Å². The highest BCUT2D eigenvalue weighted by atomic mass is 19.4. The van der Waals surface area contributed by atoms with Crippen LogP contribution in [0.2, 0.25) is 0 Å². The van der Waals surface area contributed by atoms with Gasteiger partial charge in [0.2, 0.25) is 5.56 Å². The SMILES string of the molecule is N#Cc1c(C(F)(F)F)cc(=O)[nH]c1C(F)F. The molecule has 1 heterocycles. The van der Waals surface area contributed by atoms with Crippen LogP contribution in [-0.2, 0) is 6.18 Å². The lowest BCUT2D eigenvalue weighted by Crippen LogP contribution is -2.18. The summed E-state index contributed by atoms with van der Waals surface area (Å²) in [5.74, 6) is 0. The van der Waals surface area contributed by atoms with Gasteiger partial charge in [-0.3, -0.25) is 4.79 Å². The Morgan fingerprint density at radius 1 is 1.38 bits per heavy atom. The number of pyridine rings is 1. The van der Waals surface area contributed by atoms with Gasteiger partial charge in [0.15, 0.2) is 0 Å². The van der Waals surface area contributed by atoms with Crippen LogP contribution in [0.15, 0.2) is 10.9 Å². The fourth-order valence-corrected chi connectivity index (χ4v) is 1.09. The predicted octanol–water partition coefficient (Wildman–Crippen LogP) is 2.20.